The maximum Gasteiger partial charge on any atom is 0.411 e. The number of carboxylic acids is 1. The Balaban J connectivity index is 1.78. The average Bonchev–Trinajstić information content (AvgIpc) is 3.23. The van der Waals surface area contributed by atoms with Crippen molar-refractivity contribution in [3.8, 4) is 0 Å². The molecule has 130 valence electrons. The van der Waals surface area contributed by atoms with E-state index in [1.807, 2.05) is 12.1 Å². The molecule has 1 N–H and O–H groups in total. The summed E-state index contributed by atoms with van der Waals surface area (Å²) in [5.74, 6) is -0.275. The van der Waals surface area contributed by atoms with E-state index in [9.17, 15) is 14.7 Å². The molecular formula is C19H25NO4. The molecule has 0 bridgehead atoms. The third-order valence-corrected chi connectivity index (χ3v) is 4.64. The number of hydrogen-bond donors (Lipinski definition) is 1. The first kappa shape index (κ1) is 16.8. The Morgan fingerprint density at radius 2 is 1.79 bits per heavy atom. The summed E-state index contributed by atoms with van der Waals surface area (Å²) < 4.78 is 5.38. The van der Waals surface area contributed by atoms with E-state index in [4.69, 9.17) is 4.74 Å². The van der Waals surface area contributed by atoms with E-state index >= 15 is 0 Å². The molecule has 2 aliphatic rings. The first-order chi connectivity index (χ1) is 11.2. The number of likely N-dealkylation sites (tertiary alicyclic amines) is 1. The minimum atomic E-state index is -0.971. The van der Waals surface area contributed by atoms with Crippen LogP contribution < -0.4 is 0 Å². The predicted octanol–water partition coefficient (Wildman–Crippen LogP) is 3.74. The van der Waals surface area contributed by atoms with E-state index < -0.39 is 23.7 Å². The van der Waals surface area contributed by atoms with Crippen LogP contribution in [-0.4, -0.2) is 40.3 Å². The topological polar surface area (TPSA) is 66.8 Å². The molecule has 2 fully saturated rings. The predicted molar refractivity (Wildman–Crippen MR) is 90.1 cm³/mol. The number of carboxylic acid groups (broad SMARTS) is 1. The van der Waals surface area contributed by atoms with Gasteiger partial charge in [-0.05, 0) is 57.1 Å². The van der Waals surface area contributed by atoms with E-state index in [1.54, 1.807) is 20.8 Å². The summed E-state index contributed by atoms with van der Waals surface area (Å²) in [6.07, 6.45) is 2.35. The molecule has 0 aromatic heterocycles. The van der Waals surface area contributed by atoms with Gasteiger partial charge in [-0.1, -0.05) is 24.3 Å². The smallest absolute Gasteiger partial charge is 0.411 e. The highest BCUT2D eigenvalue weighted by molar-refractivity contribution is 5.81. The zero-order valence-electron chi connectivity index (χ0n) is 14.5. The van der Waals surface area contributed by atoms with Crippen LogP contribution in [0.4, 0.5) is 4.79 Å². The third-order valence-electron chi connectivity index (χ3n) is 4.64. The largest absolute Gasteiger partial charge is 0.480 e. The van der Waals surface area contributed by atoms with E-state index in [1.165, 1.54) is 23.3 Å². The molecule has 2 atom stereocenters. The lowest BCUT2D eigenvalue weighted by molar-refractivity contribution is -0.142. The van der Waals surface area contributed by atoms with Crippen molar-refractivity contribution < 1.29 is 19.4 Å². The van der Waals surface area contributed by atoms with Gasteiger partial charge >= 0.3 is 12.1 Å². The van der Waals surface area contributed by atoms with Gasteiger partial charge in [0.2, 0.25) is 0 Å². The molecule has 1 saturated heterocycles. The van der Waals surface area contributed by atoms with Crippen molar-refractivity contribution in [3.63, 3.8) is 0 Å². The van der Waals surface area contributed by atoms with Crippen molar-refractivity contribution in [3.05, 3.63) is 35.4 Å². The maximum atomic E-state index is 12.4. The highest BCUT2D eigenvalue weighted by atomic mass is 16.6. The van der Waals surface area contributed by atoms with Crippen LogP contribution in [0.3, 0.4) is 0 Å². The zero-order valence-corrected chi connectivity index (χ0v) is 14.5. The van der Waals surface area contributed by atoms with Gasteiger partial charge in [0.05, 0.1) is 0 Å². The van der Waals surface area contributed by atoms with Crippen LogP contribution in [0.1, 0.15) is 63.0 Å². The Morgan fingerprint density at radius 3 is 2.33 bits per heavy atom. The number of benzene rings is 1. The van der Waals surface area contributed by atoms with Gasteiger partial charge < -0.3 is 9.84 Å². The van der Waals surface area contributed by atoms with Crippen molar-refractivity contribution in [2.24, 2.45) is 0 Å². The summed E-state index contributed by atoms with van der Waals surface area (Å²) in [6.45, 7) is 5.74. The minimum absolute atomic E-state index is 0.0392. The van der Waals surface area contributed by atoms with Gasteiger partial charge in [-0.25, -0.2) is 9.59 Å². The Kier molecular flexibility index (Phi) is 4.28. The molecule has 1 aromatic carbocycles. The van der Waals surface area contributed by atoms with Crippen LogP contribution in [0.15, 0.2) is 24.3 Å². The summed E-state index contributed by atoms with van der Waals surface area (Å²) in [5, 5.41) is 9.50. The molecule has 1 heterocycles. The van der Waals surface area contributed by atoms with Gasteiger partial charge in [-0.2, -0.15) is 0 Å². The molecule has 1 aromatic rings. The fourth-order valence-electron chi connectivity index (χ4n) is 3.32. The molecule has 0 unspecified atom stereocenters. The second-order valence-electron chi connectivity index (χ2n) is 7.86. The highest BCUT2D eigenvalue weighted by Gasteiger charge is 2.42. The van der Waals surface area contributed by atoms with Crippen LogP contribution in [-0.2, 0) is 9.53 Å². The lowest BCUT2D eigenvalue weighted by atomic mass is 9.94. The van der Waals surface area contributed by atoms with Gasteiger partial charge in [0, 0.05) is 12.5 Å². The summed E-state index contributed by atoms with van der Waals surface area (Å²) in [5.41, 5.74) is 1.82. The quantitative estimate of drug-likeness (QED) is 0.916. The van der Waals surface area contributed by atoms with Crippen molar-refractivity contribution in [1.29, 1.82) is 0 Å². The van der Waals surface area contributed by atoms with Gasteiger partial charge in [0.25, 0.3) is 0 Å². The number of carbonyl (C=O) groups is 2. The third kappa shape index (κ3) is 3.71. The normalized spacial score (nSPS) is 24.0. The van der Waals surface area contributed by atoms with Crippen LogP contribution in [0, 0.1) is 0 Å². The van der Waals surface area contributed by atoms with Crippen LogP contribution in [0.2, 0.25) is 0 Å². The lowest BCUT2D eigenvalue weighted by Crippen LogP contribution is -2.43. The summed E-state index contributed by atoms with van der Waals surface area (Å²) in [6, 6.07) is 7.56. The Hall–Kier alpha value is -2.04. The number of rotatable bonds is 3. The van der Waals surface area contributed by atoms with Gasteiger partial charge in [0.1, 0.15) is 11.6 Å². The second kappa shape index (κ2) is 6.11. The number of hydrogen-bond acceptors (Lipinski definition) is 3. The number of nitrogens with zero attached hydrogens (tertiary/aromatic N) is 1. The molecule has 24 heavy (non-hydrogen) atoms. The first-order valence-electron chi connectivity index (χ1n) is 8.57. The minimum Gasteiger partial charge on any atom is -0.480 e. The number of aliphatic carboxylic acids is 1. The molecule has 5 nitrogen and oxygen atoms in total. The summed E-state index contributed by atoms with van der Waals surface area (Å²) in [4.78, 5) is 25.3. The molecule has 3 rings (SSSR count). The van der Waals surface area contributed by atoms with E-state index in [-0.39, 0.29) is 5.92 Å². The molecule has 1 aliphatic heterocycles. The Bertz CT molecular complexity index is 645. The second-order valence-corrected chi connectivity index (χ2v) is 7.86. The van der Waals surface area contributed by atoms with Crippen molar-refractivity contribution in [2.45, 2.75) is 63.5 Å². The van der Waals surface area contributed by atoms with E-state index in [0.717, 1.165) is 5.56 Å². The SMILES string of the molecule is CC(C)(C)OC(=O)N1C[C@H](c2cccc(C3CC3)c2)C[C@@H]1C(=O)O. The number of amides is 1. The fourth-order valence-corrected chi connectivity index (χ4v) is 3.32. The molecule has 5 heteroatoms. The van der Waals surface area contributed by atoms with Crippen LogP contribution >= 0.6 is 0 Å². The summed E-state index contributed by atoms with van der Waals surface area (Å²) >= 11 is 0. The van der Waals surface area contributed by atoms with Gasteiger partial charge in [-0.3, -0.25) is 4.90 Å². The van der Waals surface area contributed by atoms with Crippen molar-refractivity contribution >= 4 is 12.1 Å². The standard InChI is InChI=1S/C19H25NO4/c1-19(2,3)24-18(23)20-11-15(10-16(20)17(21)22)14-6-4-5-13(9-14)12-7-8-12/h4-6,9,12,15-16H,7-8,10-11H2,1-3H3,(H,21,22)/t15-,16-/m1/s1. The first-order valence-corrected chi connectivity index (χ1v) is 8.57. The molecule has 1 aliphatic carbocycles. The lowest BCUT2D eigenvalue weighted by Gasteiger charge is -2.26. The maximum absolute atomic E-state index is 12.4. The molecule has 1 amide bonds. The van der Waals surface area contributed by atoms with Crippen molar-refractivity contribution in [2.75, 3.05) is 6.54 Å². The fraction of sp³-hybridized carbons (Fsp3) is 0.579. The number of ether oxygens (including phenoxy) is 1. The van der Waals surface area contributed by atoms with Gasteiger partial charge in [-0.15, -0.1) is 0 Å². The zero-order chi connectivity index (χ0) is 17.5. The Morgan fingerprint density at radius 1 is 1.17 bits per heavy atom. The molecule has 0 radical (unpaired) electrons. The molecule has 1 saturated carbocycles. The monoisotopic (exact) mass is 331 g/mol. The highest BCUT2D eigenvalue weighted by Crippen LogP contribution is 2.41. The van der Waals surface area contributed by atoms with Crippen LogP contribution in [0.25, 0.3) is 0 Å². The Labute approximate surface area is 142 Å². The van der Waals surface area contributed by atoms with Crippen LogP contribution in [0.5, 0.6) is 0 Å². The van der Waals surface area contributed by atoms with E-state index in [0.29, 0.717) is 18.9 Å². The molecule has 0 spiro atoms. The van der Waals surface area contributed by atoms with Gasteiger partial charge in [0.15, 0.2) is 0 Å². The summed E-state index contributed by atoms with van der Waals surface area (Å²) in [7, 11) is 0. The number of carbonyl (C=O) groups excluding carboxylic acids is 1. The van der Waals surface area contributed by atoms with E-state index in [2.05, 4.69) is 12.1 Å². The van der Waals surface area contributed by atoms with Crippen molar-refractivity contribution in [1.82, 2.24) is 4.90 Å². The molecular weight excluding hydrogens is 306 g/mol. The average molecular weight is 331 g/mol.